The van der Waals surface area contributed by atoms with Crippen LogP contribution in [0.1, 0.15) is 18.4 Å². The van der Waals surface area contributed by atoms with E-state index in [1.54, 1.807) is 24.3 Å². The minimum Gasteiger partial charge on any atom is -0.492 e. The van der Waals surface area contributed by atoms with Gasteiger partial charge in [0.1, 0.15) is 12.4 Å². The molecule has 9 nitrogen and oxygen atoms in total. The van der Waals surface area contributed by atoms with Gasteiger partial charge in [-0.05, 0) is 54.8 Å². The predicted molar refractivity (Wildman–Crippen MR) is 139 cm³/mol. The summed E-state index contributed by atoms with van der Waals surface area (Å²) in [6.07, 6.45) is 1.16. The minimum atomic E-state index is -3.66. The van der Waals surface area contributed by atoms with Gasteiger partial charge in [-0.1, -0.05) is 29.3 Å². The van der Waals surface area contributed by atoms with E-state index >= 15 is 0 Å². The van der Waals surface area contributed by atoms with Gasteiger partial charge in [0.2, 0.25) is 26.0 Å². The summed E-state index contributed by atoms with van der Waals surface area (Å²) in [4.78, 5) is 12.8. The second-order valence-electron chi connectivity index (χ2n) is 8.59. The van der Waals surface area contributed by atoms with Crippen molar-refractivity contribution in [2.24, 2.45) is 5.92 Å². The van der Waals surface area contributed by atoms with Crippen molar-refractivity contribution < 1.29 is 26.4 Å². The minimum absolute atomic E-state index is 0.0992. The molecule has 0 spiro atoms. The number of carbonyl (C=O) groups is 1. The van der Waals surface area contributed by atoms with Gasteiger partial charge in [-0.25, -0.2) is 25.4 Å². The maximum absolute atomic E-state index is 12.9. The first-order valence-electron chi connectivity index (χ1n) is 11.2. The van der Waals surface area contributed by atoms with E-state index < -0.39 is 26.0 Å². The van der Waals surface area contributed by atoms with E-state index in [4.69, 9.17) is 27.9 Å². The molecular weight excluding hydrogens is 549 g/mol. The summed E-state index contributed by atoms with van der Waals surface area (Å²) >= 11 is 12.0. The molecule has 1 N–H and O–H groups in total. The highest BCUT2D eigenvalue weighted by Gasteiger charge is 2.32. The monoisotopic (exact) mass is 577 g/mol. The number of benzene rings is 2. The number of ether oxygens (including phenoxy) is 1. The lowest BCUT2D eigenvalue weighted by atomic mass is 9.99. The summed E-state index contributed by atoms with van der Waals surface area (Å²) in [6.45, 7) is 0.845. The summed E-state index contributed by atoms with van der Waals surface area (Å²) < 4.78 is 58.2. The van der Waals surface area contributed by atoms with Crippen LogP contribution in [-0.4, -0.2) is 71.7 Å². The van der Waals surface area contributed by atoms with Crippen LogP contribution in [0.4, 0.5) is 0 Å². The lowest BCUT2D eigenvalue weighted by Crippen LogP contribution is -2.46. The number of nitrogens with zero attached hydrogens (tertiary/aromatic N) is 2. The van der Waals surface area contributed by atoms with Gasteiger partial charge in [0, 0.05) is 37.2 Å². The standard InChI is InChI=1S/C23H29Cl2N3O6S2/c1-27(2)36(32,33)21-9-7-20(8-10-21)34-13-11-26-23(29)17-4-3-12-28(15-17)35(30,31)16-18-5-6-19(24)14-22(18)25/h5-10,14,17H,3-4,11-13,15-16H2,1-2H3,(H,26,29)/t17-/m0/s1. The second kappa shape index (κ2) is 12.1. The highest BCUT2D eigenvalue weighted by molar-refractivity contribution is 7.89. The van der Waals surface area contributed by atoms with Crippen molar-refractivity contribution in [2.45, 2.75) is 23.5 Å². The van der Waals surface area contributed by atoms with Crippen LogP contribution in [-0.2, 0) is 30.6 Å². The zero-order valence-corrected chi connectivity index (χ0v) is 23.1. The van der Waals surface area contributed by atoms with Crippen LogP contribution >= 0.6 is 23.2 Å². The molecule has 1 heterocycles. The van der Waals surface area contributed by atoms with Crippen molar-refractivity contribution in [1.29, 1.82) is 0 Å². The lowest BCUT2D eigenvalue weighted by Gasteiger charge is -2.31. The van der Waals surface area contributed by atoms with E-state index in [2.05, 4.69) is 5.32 Å². The van der Waals surface area contributed by atoms with E-state index in [1.807, 2.05) is 0 Å². The average molecular weight is 579 g/mol. The zero-order valence-electron chi connectivity index (χ0n) is 20.0. The maximum atomic E-state index is 12.9. The fourth-order valence-electron chi connectivity index (χ4n) is 3.74. The van der Waals surface area contributed by atoms with Crippen LogP contribution < -0.4 is 10.1 Å². The zero-order chi connectivity index (χ0) is 26.5. The van der Waals surface area contributed by atoms with Gasteiger partial charge in [0.15, 0.2) is 0 Å². The Morgan fingerprint density at radius 3 is 2.44 bits per heavy atom. The molecule has 1 saturated heterocycles. The van der Waals surface area contributed by atoms with Gasteiger partial charge in [0.05, 0.1) is 23.1 Å². The van der Waals surface area contributed by atoms with Crippen molar-refractivity contribution in [1.82, 2.24) is 13.9 Å². The molecule has 36 heavy (non-hydrogen) atoms. The number of sulfonamides is 2. The number of carbonyl (C=O) groups excluding carboxylic acids is 1. The molecule has 0 aromatic heterocycles. The Morgan fingerprint density at radius 2 is 1.81 bits per heavy atom. The third-order valence-corrected chi connectivity index (χ3v) is 9.98. The molecule has 0 bridgehead atoms. The van der Waals surface area contributed by atoms with Crippen molar-refractivity contribution >= 4 is 49.2 Å². The molecule has 1 aliphatic heterocycles. The fourth-order valence-corrected chi connectivity index (χ4v) is 6.84. The summed E-state index contributed by atoms with van der Waals surface area (Å²) in [5.41, 5.74) is 0.456. The largest absolute Gasteiger partial charge is 0.492 e. The predicted octanol–water partition coefficient (Wildman–Crippen LogP) is 2.98. The summed E-state index contributed by atoms with van der Waals surface area (Å²) in [5, 5.41) is 3.50. The van der Waals surface area contributed by atoms with Crippen molar-refractivity contribution in [3.05, 3.63) is 58.1 Å². The Hall–Kier alpha value is -1.89. The Morgan fingerprint density at radius 1 is 1.11 bits per heavy atom. The van der Waals surface area contributed by atoms with Gasteiger partial charge < -0.3 is 10.1 Å². The molecule has 13 heteroatoms. The fraction of sp³-hybridized carbons (Fsp3) is 0.435. The molecular formula is C23H29Cl2N3O6S2. The van der Waals surface area contributed by atoms with E-state index in [0.29, 0.717) is 35.7 Å². The van der Waals surface area contributed by atoms with Crippen LogP contribution in [0, 0.1) is 5.92 Å². The van der Waals surface area contributed by atoms with E-state index in [1.165, 1.54) is 36.6 Å². The Bertz CT molecular complexity index is 1290. The topological polar surface area (TPSA) is 113 Å². The highest BCUT2D eigenvalue weighted by Crippen LogP contribution is 2.26. The first kappa shape index (κ1) is 28.7. The molecule has 0 radical (unpaired) electrons. The maximum Gasteiger partial charge on any atom is 0.242 e. The molecule has 1 fully saturated rings. The van der Waals surface area contributed by atoms with Crippen LogP contribution in [0.25, 0.3) is 0 Å². The quantitative estimate of drug-likeness (QED) is 0.434. The van der Waals surface area contributed by atoms with E-state index in [9.17, 15) is 21.6 Å². The molecule has 3 rings (SSSR count). The van der Waals surface area contributed by atoms with Crippen LogP contribution in [0.3, 0.4) is 0 Å². The molecule has 2 aromatic rings. The average Bonchev–Trinajstić information content (AvgIpc) is 2.83. The van der Waals surface area contributed by atoms with Gasteiger partial charge >= 0.3 is 0 Å². The first-order chi connectivity index (χ1) is 16.9. The number of amides is 1. The number of rotatable bonds is 10. The molecule has 1 aliphatic rings. The van der Waals surface area contributed by atoms with E-state index in [-0.39, 0.29) is 41.3 Å². The van der Waals surface area contributed by atoms with E-state index in [0.717, 1.165) is 4.31 Å². The van der Waals surface area contributed by atoms with Gasteiger partial charge in [-0.2, -0.15) is 0 Å². The lowest BCUT2D eigenvalue weighted by molar-refractivity contribution is -0.126. The van der Waals surface area contributed by atoms with Crippen LogP contribution in [0.5, 0.6) is 5.75 Å². The van der Waals surface area contributed by atoms with Gasteiger partial charge in [0.25, 0.3) is 0 Å². The molecule has 1 amide bonds. The normalized spacial score (nSPS) is 17.2. The Balaban J connectivity index is 1.48. The molecule has 0 aliphatic carbocycles. The number of piperidine rings is 1. The summed E-state index contributed by atoms with van der Waals surface area (Å²) in [6, 6.07) is 10.7. The molecule has 198 valence electrons. The van der Waals surface area contributed by atoms with Crippen LogP contribution in [0.15, 0.2) is 47.4 Å². The molecule has 0 saturated carbocycles. The van der Waals surface area contributed by atoms with Crippen molar-refractivity contribution in [3.63, 3.8) is 0 Å². The smallest absolute Gasteiger partial charge is 0.242 e. The molecule has 1 atom stereocenters. The summed E-state index contributed by atoms with van der Waals surface area (Å²) in [5.74, 6) is -0.502. The SMILES string of the molecule is CN(C)S(=O)(=O)c1ccc(OCCNC(=O)[C@H]2CCCN(S(=O)(=O)Cc3ccc(Cl)cc3Cl)C2)cc1. The van der Waals surface area contributed by atoms with Gasteiger partial charge in [-0.3, -0.25) is 4.79 Å². The second-order valence-corrected chi connectivity index (χ2v) is 13.6. The van der Waals surface area contributed by atoms with Gasteiger partial charge in [-0.15, -0.1) is 0 Å². The number of halogens is 2. The first-order valence-corrected chi connectivity index (χ1v) is 15.1. The van der Waals surface area contributed by atoms with Crippen LogP contribution in [0.2, 0.25) is 10.0 Å². The van der Waals surface area contributed by atoms with Crippen molar-refractivity contribution in [2.75, 3.05) is 40.3 Å². The summed E-state index contributed by atoms with van der Waals surface area (Å²) in [7, 11) is -4.27. The number of hydrogen-bond acceptors (Lipinski definition) is 6. The highest BCUT2D eigenvalue weighted by atomic mass is 35.5. The third-order valence-electron chi connectivity index (χ3n) is 5.77. The Labute approximate surface area is 222 Å². The number of hydrogen-bond donors (Lipinski definition) is 1. The number of nitrogens with one attached hydrogen (secondary N) is 1. The third kappa shape index (κ3) is 7.33. The molecule has 2 aromatic carbocycles. The van der Waals surface area contributed by atoms with Crippen molar-refractivity contribution in [3.8, 4) is 5.75 Å². The molecule has 0 unspecified atom stereocenters. The Kier molecular flexibility index (Phi) is 9.64.